The standard InChI is InChI=1S/C14H18FN/c15-13-4-1-3-12-11(13)6-5-10(9-16)14(12)7-2-8-14/h1,3-4,10H,2,5-9,16H2. The normalized spacial score (nSPS) is 26.2. The second-order valence-corrected chi connectivity index (χ2v) is 5.25. The van der Waals surface area contributed by atoms with Gasteiger partial charge in [-0.05, 0) is 60.8 Å². The molecule has 0 bridgehead atoms. The molecule has 2 heteroatoms. The number of benzene rings is 1. The lowest BCUT2D eigenvalue weighted by atomic mass is 9.53. The summed E-state index contributed by atoms with van der Waals surface area (Å²) in [6, 6.07) is 5.57. The zero-order valence-corrected chi connectivity index (χ0v) is 9.51. The molecular formula is C14H18FN. The highest BCUT2D eigenvalue weighted by Gasteiger charge is 2.48. The van der Waals surface area contributed by atoms with Crippen molar-refractivity contribution in [2.24, 2.45) is 11.7 Å². The minimum atomic E-state index is -0.0146. The van der Waals surface area contributed by atoms with Crippen molar-refractivity contribution in [2.45, 2.75) is 37.5 Å². The van der Waals surface area contributed by atoms with E-state index < -0.39 is 0 Å². The van der Waals surface area contributed by atoms with Crippen molar-refractivity contribution in [3.8, 4) is 0 Å². The maximum absolute atomic E-state index is 13.8. The fraction of sp³-hybridized carbons (Fsp3) is 0.571. The van der Waals surface area contributed by atoms with E-state index in [1.807, 2.05) is 6.07 Å². The maximum atomic E-state index is 13.8. The molecule has 3 rings (SSSR count). The van der Waals surface area contributed by atoms with Crippen LogP contribution in [0.15, 0.2) is 18.2 Å². The highest BCUT2D eigenvalue weighted by Crippen LogP contribution is 2.54. The number of nitrogens with two attached hydrogens (primary N) is 1. The molecule has 2 aliphatic rings. The lowest BCUT2D eigenvalue weighted by Crippen LogP contribution is -2.48. The Labute approximate surface area is 95.8 Å². The van der Waals surface area contributed by atoms with Crippen LogP contribution in [-0.2, 0) is 11.8 Å². The van der Waals surface area contributed by atoms with Gasteiger partial charge < -0.3 is 5.73 Å². The van der Waals surface area contributed by atoms with Gasteiger partial charge in [-0.15, -0.1) is 0 Å². The van der Waals surface area contributed by atoms with Crippen LogP contribution >= 0.6 is 0 Å². The van der Waals surface area contributed by atoms with Gasteiger partial charge in [-0.2, -0.15) is 0 Å². The van der Waals surface area contributed by atoms with E-state index in [1.54, 1.807) is 6.07 Å². The van der Waals surface area contributed by atoms with Gasteiger partial charge in [0.2, 0.25) is 0 Å². The fourth-order valence-electron chi connectivity index (χ4n) is 3.67. The molecule has 1 nitrogen and oxygen atoms in total. The lowest BCUT2D eigenvalue weighted by Gasteiger charge is -2.51. The second-order valence-electron chi connectivity index (χ2n) is 5.25. The molecule has 0 aliphatic heterocycles. The summed E-state index contributed by atoms with van der Waals surface area (Å²) in [7, 11) is 0. The molecule has 16 heavy (non-hydrogen) atoms. The molecule has 1 spiro atoms. The number of halogens is 1. The molecule has 0 amide bonds. The van der Waals surface area contributed by atoms with E-state index in [0.29, 0.717) is 5.92 Å². The van der Waals surface area contributed by atoms with Crippen molar-refractivity contribution in [3.63, 3.8) is 0 Å². The summed E-state index contributed by atoms with van der Waals surface area (Å²) in [5.74, 6) is 0.551. The van der Waals surface area contributed by atoms with Gasteiger partial charge in [-0.3, -0.25) is 0 Å². The molecule has 86 valence electrons. The molecule has 1 unspecified atom stereocenters. The Hall–Kier alpha value is -0.890. The molecule has 0 saturated heterocycles. The maximum Gasteiger partial charge on any atom is 0.126 e. The quantitative estimate of drug-likeness (QED) is 0.772. The molecule has 1 atom stereocenters. The third-order valence-corrected chi connectivity index (χ3v) is 4.71. The zero-order valence-electron chi connectivity index (χ0n) is 9.51. The van der Waals surface area contributed by atoms with E-state index in [1.165, 1.54) is 24.8 Å². The Bertz CT molecular complexity index is 409. The van der Waals surface area contributed by atoms with Crippen molar-refractivity contribution in [3.05, 3.63) is 35.1 Å². The van der Waals surface area contributed by atoms with Gasteiger partial charge in [-0.1, -0.05) is 18.6 Å². The molecule has 0 radical (unpaired) electrons. The van der Waals surface area contributed by atoms with E-state index in [0.717, 1.165) is 24.9 Å². The van der Waals surface area contributed by atoms with Crippen molar-refractivity contribution in [1.82, 2.24) is 0 Å². The number of hydrogen-bond donors (Lipinski definition) is 1. The van der Waals surface area contributed by atoms with Crippen LogP contribution in [0.1, 0.15) is 36.8 Å². The van der Waals surface area contributed by atoms with Gasteiger partial charge >= 0.3 is 0 Å². The third kappa shape index (κ3) is 1.20. The molecule has 2 aliphatic carbocycles. The predicted molar refractivity (Wildman–Crippen MR) is 62.8 cm³/mol. The Morgan fingerprint density at radius 2 is 2.19 bits per heavy atom. The van der Waals surface area contributed by atoms with Crippen LogP contribution in [-0.4, -0.2) is 6.54 Å². The van der Waals surface area contributed by atoms with Crippen molar-refractivity contribution in [1.29, 1.82) is 0 Å². The number of hydrogen-bond acceptors (Lipinski definition) is 1. The average molecular weight is 219 g/mol. The molecule has 2 N–H and O–H groups in total. The summed E-state index contributed by atoms with van der Waals surface area (Å²) in [6.07, 6.45) is 5.60. The molecule has 1 aromatic rings. The molecule has 0 aromatic heterocycles. The van der Waals surface area contributed by atoms with Gasteiger partial charge in [0.1, 0.15) is 5.82 Å². The van der Waals surface area contributed by atoms with Gasteiger partial charge in [0, 0.05) is 0 Å². The molecule has 0 heterocycles. The van der Waals surface area contributed by atoms with Crippen LogP contribution in [0.3, 0.4) is 0 Å². The van der Waals surface area contributed by atoms with Crippen molar-refractivity contribution >= 4 is 0 Å². The first-order chi connectivity index (χ1) is 7.78. The number of rotatable bonds is 1. The Morgan fingerprint density at radius 3 is 2.81 bits per heavy atom. The van der Waals surface area contributed by atoms with Crippen LogP contribution in [0.25, 0.3) is 0 Å². The highest BCUT2D eigenvalue weighted by molar-refractivity contribution is 5.40. The number of fused-ring (bicyclic) bond motifs is 2. The van der Waals surface area contributed by atoms with Gasteiger partial charge in [0.15, 0.2) is 0 Å². The van der Waals surface area contributed by atoms with E-state index >= 15 is 0 Å². The summed E-state index contributed by atoms with van der Waals surface area (Å²) in [4.78, 5) is 0. The molecular weight excluding hydrogens is 201 g/mol. The minimum Gasteiger partial charge on any atom is -0.330 e. The summed E-state index contributed by atoms with van der Waals surface area (Å²) >= 11 is 0. The van der Waals surface area contributed by atoms with Crippen molar-refractivity contribution in [2.75, 3.05) is 6.54 Å². The van der Waals surface area contributed by atoms with E-state index in [-0.39, 0.29) is 11.2 Å². The summed E-state index contributed by atoms with van der Waals surface area (Å²) in [5, 5.41) is 0. The summed E-state index contributed by atoms with van der Waals surface area (Å²) in [6.45, 7) is 0.746. The van der Waals surface area contributed by atoms with Gasteiger partial charge in [0.25, 0.3) is 0 Å². The van der Waals surface area contributed by atoms with Crippen LogP contribution in [0.5, 0.6) is 0 Å². The van der Waals surface area contributed by atoms with E-state index in [2.05, 4.69) is 6.07 Å². The van der Waals surface area contributed by atoms with Crippen molar-refractivity contribution < 1.29 is 4.39 Å². The van der Waals surface area contributed by atoms with Crippen LogP contribution < -0.4 is 5.73 Å². The first-order valence-electron chi connectivity index (χ1n) is 6.26. The Balaban J connectivity index is 2.12. The van der Waals surface area contributed by atoms with Crippen LogP contribution in [0.2, 0.25) is 0 Å². The Kier molecular flexibility index (Phi) is 2.28. The zero-order chi connectivity index (χ0) is 11.2. The first-order valence-corrected chi connectivity index (χ1v) is 6.26. The molecule has 1 fully saturated rings. The second kappa shape index (κ2) is 3.56. The van der Waals surface area contributed by atoms with Gasteiger partial charge in [-0.25, -0.2) is 4.39 Å². The topological polar surface area (TPSA) is 26.0 Å². The summed E-state index contributed by atoms with van der Waals surface area (Å²) < 4.78 is 13.8. The van der Waals surface area contributed by atoms with E-state index in [4.69, 9.17) is 5.73 Å². The molecule has 1 aromatic carbocycles. The smallest absolute Gasteiger partial charge is 0.126 e. The predicted octanol–water partition coefficient (Wildman–Crippen LogP) is 2.77. The van der Waals surface area contributed by atoms with E-state index in [9.17, 15) is 4.39 Å². The SMILES string of the molecule is NCC1CCc2c(F)cccc2C12CCC2. The Morgan fingerprint density at radius 1 is 1.38 bits per heavy atom. The summed E-state index contributed by atoms with van der Waals surface area (Å²) in [5.41, 5.74) is 8.35. The molecule has 1 saturated carbocycles. The average Bonchev–Trinajstić information content (AvgIpc) is 2.25. The van der Waals surface area contributed by atoms with Crippen LogP contribution in [0.4, 0.5) is 4.39 Å². The van der Waals surface area contributed by atoms with Crippen LogP contribution in [0, 0.1) is 11.7 Å². The largest absolute Gasteiger partial charge is 0.330 e. The monoisotopic (exact) mass is 219 g/mol. The van der Waals surface area contributed by atoms with Gasteiger partial charge in [0.05, 0.1) is 0 Å². The highest BCUT2D eigenvalue weighted by atomic mass is 19.1. The minimum absolute atomic E-state index is 0.0146. The fourth-order valence-corrected chi connectivity index (χ4v) is 3.67. The third-order valence-electron chi connectivity index (χ3n) is 4.71. The lowest BCUT2D eigenvalue weighted by molar-refractivity contribution is 0.128. The first kappa shape index (κ1) is 10.3.